The quantitative estimate of drug-likeness (QED) is 0.754. The average molecular weight is 229 g/mol. The summed E-state index contributed by atoms with van der Waals surface area (Å²) in [4.78, 5) is 15.4. The summed E-state index contributed by atoms with van der Waals surface area (Å²) in [7, 11) is 1.82. The number of carbonyl (C=O) groups excluding carboxylic acids is 1. The van der Waals surface area contributed by atoms with Crippen molar-refractivity contribution in [2.75, 3.05) is 26.7 Å². The molecule has 88 valence electrons. The standard InChI is InChI=1S/C13H15N3O/c1-15-6-7-16(10-13(15)17)9-12-5-3-2-4-11(12)8-14/h2-5H,6-7,9-10H2,1H3. The molecule has 0 spiro atoms. The third-order valence-electron chi connectivity index (χ3n) is 3.07. The van der Waals surface area contributed by atoms with Crippen LogP contribution in [-0.2, 0) is 11.3 Å². The molecule has 0 aromatic heterocycles. The number of rotatable bonds is 2. The molecule has 0 atom stereocenters. The largest absolute Gasteiger partial charge is 0.343 e. The Morgan fingerprint density at radius 1 is 1.35 bits per heavy atom. The van der Waals surface area contributed by atoms with Crippen molar-refractivity contribution in [1.29, 1.82) is 5.26 Å². The third-order valence-corrected chi connectivity index (χ3v) is 3.07. The van der Waals surface area contributed by atoms with Gasteiger partial charge in [-0.05, 0) is 11.6 Å². The summed E-state index contributed by atoms with van der Waals surface area (Å²) in [5.74, 6) is 0.144. The summed E-state index contributed by atoms with van der Waals surface area (Å²) in [5, 5.41) is 9.00. The van der Waals surface area contributed by atoms with Gasteiger partial charge in [-0.3, -0.25) is 9.69 Å². The van der Waals surface area contributed by atoms with Crippen LogP contribution in [0.2, 0.25) is 0 Å². The minimum absolute atomic E-state index is 0.144. The first-order valence-electron chi connectivity index (χ1n) is 5.65. The van der Waals surface area contributed by atoms with Gasteiger partial charge >= 0.3 is 0 Å². The van der Waals surface area contributed by atoms with Crippen LogP contribution in [0.5, 0.6) is 0 Å². The maximum Gasteiger partial charge on any atom is 0.236 e. The predicted octanol–water partition coefficient (Wildman–Crippen LogP) is 0.832. The average Bonchev–Trinajstić information content (AvgIpc) is 2.34. The van der Waals surface area contributed by atoms with Crippen molar-refractivity contribution in [2.45, 2.75) is 6.54 Å². The highest BCUT2D eigenvalue weighted by atomic mass is 16.2. The molecule has 1 aliphatic rings. The first-order valence-corrected chi connectivity index (χ1v) is 5.65. The second-order valence-corrected chi connectivity index (χ2v) is 4.29. The van der Waals surface area contributed by atoms with E-state index in [1.807, 2.05) is 31.3 Å². The van der Waals surface area contributed by atoms with Crippen molar-refractivity contribution >= 4 is 5.91 Å². The topological polar surface area (TPSA) is 47.3 Å². The van der Waals surface area contributed by atoms with Gasteiger partial charge in [0.25, 0.3) is 0 Å². The van der Waals surface area contributed by atoms with Crippen LogP contribution in [0.3, 0.4) is 0 Å². The van der Waals surface area contributed by atoms with E-state index in [0.717, 1.165) is 18.7 Å². The monoisotopic (exact) mass is 229 g/mol. The molecule has 1 saturated heterocycles. The molecule has 2 rings (SSSR count). The van der Waals surface area contributed by atoms with Crippen molar-refractivity contribution in [3.8, 4) is 6.07 Å². The minimum Gasteiger partial charge on any atom is -0.343 e. The summed E-state index contributed by atoms with van der Waals surface area (Å²) < 4.78 is 0. The molecule has 0 N–H and O–H groups in total. The molecule has 0 radical (unpaired) electrons. The number of nitriles is 1. The van der Waals surface area contributed by atoms with Crippen molar-refractivity contribution < 1.29 is 4.79 Å². The number of piperazine rings is 1. The zero-order chi connectivity index (χ0) is 12.3. The first-order chi connectivity index (χ1) is 8.20. The molecule has 1 aromatic carbocycles. The van der Waals surface area contributed by atoms with Crippen molar-refractivity contribution in [2.24, 2.45) is 0 Å². The Morgan fingerprint density at radius 2 is 2.12 bits per heavy atom. The number of carbonyl (C=O) groups is 1. The number of benzene rings is 1. The molecule has 1 aromatic rings. The summed E-state index contributed by atoms with van der Waals surface area (Å²) in [6, 6.07) is 9.72. The van der Waals surface area contributed by atoms with Crippen LogP contribution in [0.25, 0.3) is 0 Å². The fourth-order valence-corrected chi connectivity index (χ4v) is 1.95. The number of amides is 1. The lowest BCUT2D eigenvalue weighted by atomic mass is 10.1. The molecular formula is C13H15N3O. The van der Waals surface area contributed by atoms with Gasteiger partial charge in [-0.25, -0.2) is 0 Å². The summed E-state index contributed by atoms with van der Waals surface area (Å²) >= 11 is 0. The van der Waals surface area contributed by atoms with Crippen LogP contribution in [0.15, 0.2) is 24.3 Å². The van der Waals surface area contributed by atoms with Crippen LogP contribution in [-0.4, -0.2) is 42.4 Å². The van der Waals surface area contributed by atoms with Gasteiger partial charge in [0, 0.05) is 26.7 Å². The highest BCUT2D eigenvalue weighted by Gasteiger charge is 2.21. The van der Waals surface area contributed by atoms with E-state index in [-0.39, 0.29) is 5.91 Å². The van der Waals surface area contributed by atoms with Crippen molar-refractivity contribution in [3.63, 3.8) is 0 Å². The molecule has 0 bridgehead atoms. The molecule has 0 aliphatic carbocycles. The van der Waals surface area contributed by atoms with Gasteiger partial charge < -0.3 is 4.90 Å². The third kappa shape index (κ3) is 2.63. The Kier molecular flexibility index (Phi) is 3.40. The minimum atomic E-state index is 0.144. The number of likely N-dealkylation sites (N-methyl/N-ethyl adjacent to an activating group) is 1. The lowest BCUT2D eigenvalue weighted by Crippen LogP contribution is -2.48. The molecule has 1 amide bonds. The summed E-state index contributed by atoms with van der Waals surface area (Å²) in [6.45, 7) is 2.73. The maximum absolute atomic E-state index is 11.6. The van der Waals surface area contributed by atoms with Crippen molar-refractivity contribution in [1.82, 2.24) is 9.80 Å². The van der Waals surface area contributed by atoms with Crippen molar-refractivity contribution in [3.05, 3.63) is 35.4 Å². The molecular weight excluding hydrogens is 214 g/mol. The van der Waals surface area contributed by atoms with Gasteiger partial charge in [-0.1, -0.05) is 18.2 Å². The number of hydrogen-bond donors (Lipinski definition) is 0. The van der Waals surface area contributed by atoms with Crippen LogP contribution in [0.4, 0.5) is 0 Å². The molecule has 0 saturated carbocycles. The van der Waals surface area contributed by atoms with Gasteiger partial charge in [0.1, 0.15) is 0 Å². The highest BCUT2D eigenvalue weighted by Crippen LogP contribution is 2.12. The molecule has 17 heavy (non-hydrogen) atoms. The maximum atomic E-state index is 11.6. The number of nitrogens with zero attached hydrogens (tertiary/aromatic N) is 3. The highest BCUT2D eigenvalue weighted by molar-refractivity contribution is 5.78. The van der Waals surface area contributed by atoms with E-state index in [1.165, 1.54) is 0 Å². The van der Waals surface area contributed by atoms with Crippen LogP contribution < -0.4 is 0 Å². The normalized spacial score (nSPS) is 16.9. The van der Waals surface area contributed by atoms with Gasteiger partial charge in [-0.2, -0.15) is 5.26 Å². The van der Waals surface area contributed by atoms with Crippen LogP contribution in [0.1, 0.15) is 11.1 Å². The van der Waals surface area contributed by atoms with E-state index in [4.69, 9.17) is 5.26 Å². The van der Waals surface area contributed by atoms with E-state index in [0.29, 0.717) is 18.7 Å². The molecule has 1 aliphatic heterocycles. The summed E-state index contributed by atoms with van der Waals surface area (Å²) in [6.07, 6.45) is 0. The van der Waals surface area contributed by atoms with Gasteiger partial charge in [-0.15, -0.1) is 0 Å². The fraction of sp³-hybridized carbons (Fsp3) is 0.385. The Hall–Kier alpha value is -1.86. The van der Waals surface area contributed by atoms with Gasteiger partial charge in [0.2, 0.25) is 5.91 Å². The Balaban J connectivity index is 2.07. The molecule has 1 heterocycles. The Bertz CT molecular complexity index is 464. The fourth-order valence-electron chi connectivity index (χ4n) is 1.95. The molecule has 0 unspecified atom stereocenters. The summed E-state index contributed by atoms with van der Waals surface area (Å²) in [5.41, 5.74) is 1.69. The van der Waals surface area contributed by atoms with Crippen LogP contribution >= 0.6 is 0 Å². The van der Waals surface area contributed by atoms with E-state index in [2.05, 4.69) is 11.0 Å². The predicted molar refractivity (Wildman–Crippen MR) is 64.1 cm³/mol. The molecule has 4 heteroatoms. The van der Waals surface area contributed by atoms with E-state index in [1.54, 1.807) is 4.90 Å². The zero-order valence-electron chi connectivity index (χ0n) is 9.89. The van der Waals surface area contributed by atoms with E-state index in [9.17, 15) is 4.79 Å². The number of hydrogen-bond acceptors (Lipinski definition) is 3. The van der Waals surface area contributed by atoms with E-state index < -0.39 is 0 Å². The smallest absolute Gasteiger partial charge is 0.236 e. The molecule has 1 fully saturated rings. The Labute approximate surface area is 101 Å². The lowest BCUT2D eigenvalue weighted by Gasteiger charge is -2.32. The first kappa shape index (κ1) is 11.6. The second-order valence-electron chi connectivity index (χ2n) is 4.29. The molecule has 4 nitrogen and oxygen atoms in total. The second kappa shape index (κ2) is 4.98. The lowest BCUT2D eigenvalue weighted by molar-refractivity contribution is -0.134. The van der Waals surface area contributed by atoms with Crippen LogP contribution in [0, 0.1) is 11.3 Å². The van der Waals surface area contributed by atoms with Gasteiger partial charge in [0.05, 0.1) is 18.2 Å². The van der Waals surface area contributed by atoms with E-state index >= 15 is 0 Å². The Morgan fingerprint density at radius 3 is 2.82 bits per heavy atom. The zero-order valence-corrected chi connectivity index (χ0v) is 9.89. The van der Waals surface area contributed by atoms with Gasteiger partial charge in [0.15, 0.2) is 0 Å². The SMILES string of the molecule is CN1CCN(Cc2ccccc2C#N)CC1=O.